The van der Waals surface area contributed by atoms with Crippen LogP contribution < -0.4 is 10.6 Å². The first-order valence-corrected chi connectivity index (χ1v) is 9.29. The van der Waals surface area contributed by atoms with Crippen LogP contribution in [0.25, 0.3) is 11.0 Å². The van der Waals surface area contributed by atoms with Crippen molar-refractivity contribution in [1.82, 2.24) is 14.9 Å². The van der Waals surface area contributed by atoms with Crippen LogP contribution in [0.4, 0.5) is 10.5 Å². The van der Waals surface area contributed by atoms with Gasteiger partial charge in [-0.2, -0.15) is 0 Å². The number of benzene rings is 3. The Balaban J connectivity index is 1.67. The Morgan fingerprint density at radius 3 is 2.36 bits per heavy atom. The second kappa shape index (κ2) is 7.74. The van der Waals surface area contributed by atoms with Crippen molar-refractivity contribution in [3.05, 3.63) is 95.3 Å². The molecule has 0 saturated carbocycles. The van der Waals surface area contributed by atoms with Crippen molar-refractivity contribution in [2.45, 2.75) is 6.04 Å². The fourth-order valence-electron chi connectivity index (χ4n) is 3.20. The molecule has 3 aromatic carbocycles. The number of urea groups is 1. The quantitative estimate of drug-likeness (QED) is 0.507. The number of anilines is 1. The Morgan fingerprint density at radius 1 is 0.964 bits per heavy atom. The maximum atomic E-state index is 12.7. The summed E-state index contributed by atoms with van der Waals surface area (Å²) in [6, 6.07) is 24.0. The van der Waals surface area contributed by atoms with E-state index in [4.69, 9.17) is 16.6 Å². The second-order valence-corrected chi connectivity index (χ2v) is 6.90. The van der Waals surface area contributed by atoms with Crippen molar-refractivity contribution < 1.29 is 4.79 Å². The second-order valence-electron chi connectivity index (χ2n) is 6.47. The van der Waals surface area contributed by atoms with Gasteiger partial charge in [-0.25, -0.2) is 9.78 Å². The summed E-state index contributed by atoms with van der Waals surface area (Å²) >= 11 is 5.91. The maximum Gasteiger partial charge on any atom is 0.320 e. The van der Waals surface area contributed by atoms with Crippen LogP contribution in [0.15, 0.2) is 78.9 Å². The Hall–Kier alpha value is -3.31. The minimum Gasteiger partial charge on any atom is -0.329 e. The van der Waals surface area contributed by atoms with Gasteiger partial charge < -0.3 is 15.2 Å². The van der Waals surface area contributed by atoms with Gasteiger partial charge in [0.2, 0.25) is 0 Å². The predicted molar refractivity (Wildman–Crippen MR) is 113 cm³/mol. The number of rotatable bonds is 4. The lowest BCUT2D eigenvalue weighted by molar-refractivity contribution is 0.249. The van der Waals surface area contributed by atoms with Crippen molar-refractivity contribution in [2.75, 3.05) is 5.32 Å². The van der Waals surface area contributed by atoms with E-state index in [0.717, 1.165) is 22.4 Å². The van der Waals surface area contributed by atoms with E-state index in [2.05, 4.69) is 10.6 Å². The molecule has 0 aliphatic heterocycles. The van der Waals surface area contributed by atoms with Gasteiger partial charge in [-0.3, -0.25) is 0 Å². The summed E-state index contributed by atoms with van der Waals surface area (Å²) in [5.41, 5.74) is 3.52. The molecule has 28 heavy (non-hydrogen) atoms. The zero-order valence-electron chi connectivity index (χ0n) is 15.3. The Bertz CT molecular complexity index is 1110. The van der Waals surface area contributed by atoms with Crippen LogP contribution in [0.2, 0.25) is 5.02 Å². The van der Waals surface area contributed by atoms with E-state index in [1.54, 1.807) is 24.3 Å². The lowest BCUT2D eigenvalue weighted by Crippen LogP contribution is -2.34. The maximum absolute atomic E-state index is 12.7. The van der Waals surface area contributed by atoms with Crippen molar-refractivity contribution in [1.29, 1.82) is 0 Å². The van der Waals surface area contributed by atoms with E-state index in [9.17, 15) is 4.79 Å². The summed E-state index contributed by atoms with van der Waals surface area (Å²) in [5, 5.41) is 6.51. The minimum absolute atomic E-state index is 0.316. The van der Waals surface area contributed by atoms with Gasteiger partial charge in [0.05, 0.1) is 11.0 Å². The molecule has 4 aromatic rings. The molecular formula is C22H19ClN4O. The number of hydrogen-bond donors (Lipinski definition) is 2. The van der Waals surface area contributed by atoms with E-state index in [1.807, 2.05) is 66.2 Å². The summed E-state index contributed by atoms with van der Waals surface area (Å²) in [5.74, 6) is 0.763. The molecule has 1 unspecified atom stereocenters. The number of amides is 2. The summed E-state index contributed by atoms with van der Waals surface area (Å²) in [4.78, 5) is 17.5. The van der Waals surface area contributed by atoms with E-state index in [0.29, 0.717) is 10.7 Å². The van der Waals surface area contributed by atoms with Gasteiger partial charge in [0, 0.05) is 17.8 Å². The molecule has 0 fully saturated rings. The normalized spacial score (nSPS) is 11.9. The molecule has 0 aliphatic carbocycles. The summed E-state index contributed by atoms with van der Waals surface area (Å²) < 4.78 is 2.01. The molecule has 6 heteroatoms. The number of hydrogen-bond acceptors (Lipinski definition) is 2. The molecule has 5 nitrogen and oxygen atoms in total. The third kappa shape index (κ3) is 3.70. The number of aromatic nitrogens is 2. The van der Waals surface area contributed by atoms with Crippen molar-refractivity contribution >= 4 is 34.4 Å². The number of carbonyl (C=O) groups is 1. The van der Waals surface area contributed by atoms with Crippen molar-refractivity contribution in [2.24, 2.45) is 7.05 Å². The molecule has 0 spiro atoms. The monoisotopic (exact) mass is 390 g/mol. The number of imidazole rings is 1. The Labute approximate surface area is 168 Å². The number of para-hydroxylation sites is 2. The number of aryl methyl sites for hydroxylation is 1. The van der Waals surface area contributed by atoms with Crippen LogP contribution in [-0.4, -0.2) is 15.6 Å². The highest BCUT2D eigenvalue weighted by Crippen LogP contribution is 2.25. The summed E-state index contributed by atoms with van der Waals surface area (Å²) in [6.07, 6.45) is 0. The fourth-order valence-corrected chi connectivity index (χ4v) is 3.32. The topological polar surface area (TPSA) is 59.0 Å². The highest BCUT2D eigenvalue weighted by Gasteiger charge is 2.22. The van der Waals surface area contributed by atoms with Crippen LogP contribution in [0.1, 0.15) is 17.4 Å². The molecule has 2 amide bonds. The van der Waals surface area contributed by atoms with Gasteiger partial charge in [0.15, 0.2) is 0 Å². The summed E-state index contributed by atoms with van der Waals surface area (Å²) in [6.45, 7) is 0. The van der Waals surface area contributed by atoms with E-state index in [-0.39, 0.29) is 6.03 Å². The third-order valence-corrected chi connectivity index (χ3v) is 4.84. The molecule has 140 valence electrons. The molecule has 1 aromatic heterocycles. The fraction of sp³-hybridized carbons (Fsp3) is 0.0909. The zero-order valence-corrected chi connectivity index (χ0v) is 16.0. The standard InChI is InChI=1S/C22H19ClN4O/c1-27-19-10-6-5-9-18(19)25-21(27)20(15-7-3-2-4-8-15)26-22(28)24-17-13-11-16(23)12-14-17/h2-14,20H,1H3,(H2,24,26,28). The molecule has 0 saturated heterocycles. The molecule has 4 rings (SSSR count). The van der Waals surface area contributed by atoms with E-state index >= 15 is 0 Å². The highest BCUT2D eigenvalue weighted by atomic mass is 35.5. The molecule has 0 radical (unpaired) electrons. The van der Waals surface area contributed by atoms with Crippen LogP contribution in [-0.2, 0) is 7.05 Å². The Kier molecular flexibility index (Phi) is 5.00. The first-order chi connectivity index (χ1) is 13.6. The minimum atomic E-state index is -0.397. The van der Waals surface area contributed by atoms with Crippen LogP contribution >= 0.6 is 11.6 Å². The van der Waals surface area contributed by atoms with Crippen LogP contribution in [0, 0.1) is 0 Å². The van der Waals surface area contributed by atoms with E-state index < -0.39 is 6.04 Å². The molecule has 1 atom stereocenters. The lowest BCUT2D eigenvalue weighted by atomic mass is 10.1. The average molecular weight is 391 g/mol. The molecule has 0 aliphatic rings. The number of halogens is 1. The number of nitrogens with one attached hydrogen (secondary N) is 2. The number of carbonyl (C=O) groups excluding carboxylic acids is 1. The number of fused-ring (bicyclic) bond motifs is 1. The van der Waals surface area contributed by atoms with Gasteiger partial charge in [-0.15, -0.1) is 0 Å². The third-order valence-electron chi connectivity index (χ3n) is 4.59. The zero-order chi connectivity index (χ0) is 19.5. The van der Waals surface area contributed by atoms with Crippen LogP contribution in [0.5, 0.6) is 0 Å². The molecule has 0 bridgehead atoms. The first kappa shape index (κ1) is 18.1. The van der Waals surface area contributed by atoms with Gasteiger partial charge in [0.1, 0.15) is 11.9 Å². The molecular weight excluding hydrogens is 372 g/mol. The SMILES string of the molecule is Cn1c(C(NC(=O)Nc2ccc(Cl)cc2)c2ccccc2)nc2ccccc21. The smallest absolute Gasteiger partial charge is 0.320 e. The van der Waals surface area contributed by atoms with E-state index in [1.165, 1.54) is 0 Å². The van der Waals surface area contributed by atoms with Gasteiger partial charge >= 0.3 is 6.03 Å². The van der Waals surface area contributed by atoms with Gasteiger partial charge in [-0.05, 0) is 42.0 Å². The average Bonchev–Trinajstić information content (AvgIpc) is 3.05. The van der Waals surface area contributed by atoms with Crippen molar-refractivity contribution in [3.8, 4) is 0 Å². The highest BCUT2D eigenvalue weighted by molar-refractivity contribution is 6.30. The predicted octanol–water partition coefficient (Wildman–Crippen LogP) is 5.14. The number of nitrogens with zero attached hydrogens (tertiary/aromatic N) is 2. The first-order valence-electron chi connectivity index (χ1n) is 8.91. The van der Waals surface area contributed by atoms with Crippen LogP contribution in [0.3, 0.4) is 0 Å². The lowest BCUT2D eigenvalue weighted by Gasteiger charge is -2.19. The molecule has 2 N–H and O–H groups in total. The van der Waals surface area contributed by atoms with Gasteiger partial charge in [0.25, 0.3) is 0 Å². The Morgan fingerprint density at radius 2 is 1.64 bits per heavy atom. The van der Waals surface area contributed by atoms with Crippen molar-refractivity contribution in [3.63, 3.8) is 0 Å². The summed E-state index contributed by atoms with van der Waals surface area (Å²) in [7, 11) is 1.96. The van der Waals surface area contributed by atoms with Gasteiger partial charge in [-0.1, -0.05) is 54.1 Å². The molecule has 1 heterocycles. The largest absolute Gasteiger partial charge is 0.329 e.